The summed E-state index contributed by atoms with van der Waals surface area (Å²) in [5.41, 5.74) is 0.348. The minimum absolute atomic E-state index is 0.0341. The highest BCUT2D eigenvalue weighted by atomic mass is 32.2. The van der Waals surface area contributed by atoms with Gasteiger partial charge in [-0.15, -0.1) is 0 Å². The third kappa shape index (κ3) is 6.38. The molecule has 1 amide bonds. The van der Waals surface area contributed by atoms with Crippen molar-refractivity contribution in [3.8, 4) is 11.8 Å². The van der Waals surface area contributed by atoms with Crippen molar-refractivity contribution in [3.05, 3.63) is 35.1 Å². The summed E-state index contributed by atoms with van der Waals surface area (Å²) in [4.78, 5) is 11.9. The Kier molecular flexibility index (Phi) is 6.34. The Labute approximate surface area is 123 Å². The molecule has 0 unspecified atom stereocenters. The van der Waals surface area contributed by atoms with Crippen molar-refractivity contribution in [2.45, 2.75) is 6.42 Å². The van der Waals surface area contributed by atoms with Crippen molar-refractivity contribution in [2.75, 3.05) is 25.2 Å². The molecule has 0 spiro atoms. The summed E-state index contributed by atoms with van der Waals surface area (Å²) in [5.74, 6) is 3.80. The van der Waals surface area contributed by atoms with Crippen LogP contribution in [-0.4, -0.2) is 44.6 Å². The van der Waals surface area contributed by atoms with Crippen LogP contribution in [0.3, 0.4) is 0 Å². The number of carbonyl (C=O) groups is 1. The molecule has 0 saturated heterocycles. The van der Waals surface area contributed by atoms with Gasteiger partial charge in [-0.25, -0.2) is 12.8 Å². The zero-order valence-corrected chi connectivity index (χ0v) is 12.3. The van der Waals surface area contributed by atoms with E-state index in [1.54, 1.807) is 0 Å². The molecule has 5 nitrogen and oxygen atoms in total. The summed E-state index contributed by atoms with van der Waals surface area (Å²) >= 11 is 0. The predicted molar refractivity (Wildman–Crippen MR) is 77.0 cm³/mol. The first-order chi connectivity index (χ1) is 9.83. The number of sulfone groups is 1. The molecule has 21 heavy (non-hydrogen) atoms. The minimum Gasteiger partial charge on any atom is -0.384 e. The van der Waals surface area contributed by atoms with Gasteiger partial charge in [-0.1, -0.05) is 11.8 Å². The fourth-order valence-corrected chi connectivity index (χ4v) is 2.25. The van der Waals surface area contributed by atoms with Crippen molar-refractivity contribution in [1.82, 2.24) is 5.32 Å². The molecule has 1 aromatic carbocycles. The predicted octanol–water partition coefficient (Wildman–Crippen LogP) is 0.334. The molecule has 0 saturated carbocycles. The molecule has 0 fully saturated rings. The lowest BCUT2D eigenvalue weighted by atomic mass is 10.1. The number of halogens is 1. The van der Waals surface area contributed by atoms with Gasteiger partial charge in [0, 0.05) is 18.4 Å². The maximum atomic E-state index is 13.2. The SMILES string of the molecule is CS(=O)(=O)CCCNC(=O)c1cc(F)ccc1C#CCO. The van der Waals surface area contributed by atoms with Gasteiger partial charge in [-0.2, -0.15) is 0 Å². The average Bonchev–Trinajstić information content (AvgIpc) is 2.41. The molecule has 0 aliphatic rings. The first-order valence-electron chi connectivity index (χ1n) is 6.18. The van der Waals surface area contributed by atoms with Crippen molar-refractivity contribution < 1.29 is 22.7 Å². The lowest BCUT2D eigenvalue weighted by Gasteiger charge is -2.07. The molecule has 0 aliphatic heterocycles. The standard InChI is InChI=1S/C14H16FNO4S/c1-21(19,20)9-3-7-16-14(18)13-10-12(15)6-5-11(13)4-2-8-17/h5-6,10,17H,3,7-9H2,1H3,(H,16,18). The first kappa shape index (κ1) is 17.1. The highest BCUT2D eigenvalue weighted by Crippen LogP contribution is 2.10. The molecule has 2 N–H and O–H groups in total. The van der Waals surface area contributed by atoms with Crippen LogP contribution in [0.4, 0.5) is 4.39 Å². The molecule has 7 heteroatoms. The third-order valence-corrected chi connectivity index (χ3v) is 3.54. The number of nitrogens with one attached hydrogen (secondary N) is 1. The van der Waals surface area contributed by atoms with Crippen LogP contribution >= 0.6 is 0 Å². The lowest BCUT2D eigenvalue weighted by Crippen LogP contribution is -2.26. The number of benzene rings is 1. The van der Waals surface area contributed by atoms with Crippen LogP contribution in [0.15, 0.2) is 18.2 Å². The maximum absolute atomic E-state index is 13.2. The smallest absolute Gasteiger partial charge is 0.252 e. The fraction of sp³-hybridized carbons (Fsp3) is 0.357. The Balaban J connectivity index is 2.75. The van der Waals surface area contributed by atoms with Crippen molar-refractivity contribution in [3.63, 3.8) is 0 Å². The Morgan fingerprint density at radius 2 is 2.14 bits per heavy atom. The molecule has 114 valence electrons. The molecular formula is C14H16FNO4S. The minimum atomic E-state index is -3.08. The van der Waals surface area contributed by atoms with Crippen LogP contribution in [0, 0.1) is 17.7 Å². The van der Waals surface area contributed by atoms with E-state index >= 15 is 0 Å². The van der Waals surface area contributed by atoms with Gasteiger partial charge in [-0.05, 0) is 24.6 Å². The number of hydrogen-bond acceptors (Lipinski definition) is 4. The van der Waals surface area contributed by atoms with E-state index in [4.69, 9.17) is 5.11 Å². The normalized spacial score (nSPS) is 10.6. The van der Waals surface area contributed by atoms with E-state index in [2.05, 4.69) is 17.2 Å². The molecule has 0 aliphatic carbocycles. The van der Waals surface area contributed by atoms with E-state index in [1.165, 1.54) is 12.1 Å². The Hall–Kier alpha value is -1.91. The van der Waals surface area contributed by atoms with E-state index in [1.807, 2.05) is 0 Å². The van der Waals surface area contributed by atoms with E-state index in [9.17, 15) is 17.6 Å². The van der Waals surface area contributed by atoms with Crippen molar-refractivity contribution in [1.29, 1.82) is 0 Å². The van der Waals surface area contributed by atoms with Crippen LogP contribution in [0.5, 0.6) is 0 Å². The van der Waals surface area contributed by atoms with Gasteiger partial charge in [-0.3, -0.25) is 4.79 Å². The van der Waals surface area contributed by atoms with Gasteiger partial charge >= 0.3 is 0 Å². The van der Waals surface area contributed by atoms with E-state index < -0.39 is 21.6 Å². The number of aliphatic hydroxyl groups excluding tert-OH is 1. The Morgan fingerprint density at radius 1 is 1.43 bits per heavy atom. The molecular weight excluding hydrogens is 297 g/mol. The highest BCUT2D eigenvalue weighted by molar-refractivity contribution is 7.90. The summed E-state index contributed by atoms with van der Waals surface area (Å²) in [7, 11) is -3.08. The van der Waals surface area contributed by atoms with Gasteiger partial charge in [0.2, 0.25) is 0 Å². The highest BCUT2D eigenvalue weighted by Gasteiger charge is 2.11. The van der Waals surface area contributed by atoms with Gasteiger partial charge in [0.15, 0.2) is 0 Å². The average molecular weight is 313 g/mol. The number of hydrogen-bond donors (Lipinski definition) is 2. The molecule has 0 radical (unpaired) electrons. The quantitative estimate of drug-likeness (QED) is 0.606. The molecule has 1 rings (SSSR count). The lowest BCUT2D eigenvalue weighted by molar-refractivity contribution is 0.0953. The second-order valence-corrected chi connectivity index (χ2v) is 6.65. The second-order valence-electron chi connectivity index (χ2n) is 4.39. The number of aliphatic hydroxyl groups is 1. The van der Waals surface area contributed by atoms with E-state index in [0.717, 1.165) is 12.3 Å². The molecule has 0 bridgehead atoms. The van der Waals surface area contributed by atoms with Crippen LogP contribution in [0.2, 0.25) is 0 Å². The summed E-state index contributed by atoms with van der Waals surface area (Å²) in [6.45, 7) is -0.206. The molecule has 0 heterocycles. The maximum Gasteiger partial charge on any atom is 0.252 e. The second kappa shape index (κ2) is 7.76. The van der Waals surface area contributed by atoms with Crippen LogP contribution < -0.4 is 5.32 Å². The molecule has 1 aromatic rings. The number of carbonyl (C=O) groups excluding carboxylic acids is 1. The zero-order chi connectivity index (χ0) is 15.9. The molecule has 0 aromatic heterocycles. The number of amides is 1. The van der Waals surface area contributed by atoms with Gasteiger partial charge in [0.25, 0.3) is 5.91 Å². The topological polar surface area (TPSA) is 83.5 Å². The number of rotatable bonds is 5. The fourth-order valence-electron chi connectivity index (χ4n) is 1.58. The van der Waals surface area contributed by atoms with Crippen LogP contribution in [0.25, 0.3) is 0 Å². The van der Waals surface area contributed by atoms with Gasteiger partial charge in [0.1, 0.15) is 22.3 Å². The summed E-state index contributed by atoms with van der Waals surface area (Å²) in [5, 5.41) is 11.2. The third-order valence-electron chi connectivity index (χ3n) is 2.51. The van der Waals surface area contributed by atoms with Crippen LogP contribution in [-0.2, 0) is 9.84 Å². The van der Waals surface area contributed by atoms with E-state index in [-0.39, 0.29) is 30.9 Å². The van der Waals surface area contributed by atoms with Crippen molar-refractivity contribution in [2.24, 2.45) is 0 Å². The van der Waals surface area contributed by atoms with Crippen LogP contribution in [0.1, 0.15) is 22.3 Å². The monoisotopic (exact) mass is 313 g/mol. The van der Waals surface area contributed by atoms with Gasteiger partial charge in [0.05, 0.1) is 11.3 Å². The van der Waals surface area contributed by atoms with Gasteiger partial charge < -0.3 is 10.4 Å². The van der Waals surface area contributed by atoms with Crippen molar-refractivity contribution >= 4 is 15.7 Å². The van der Waals surface area contributed by atoms with E-state index in [0.29, 0.717) is 5.56 Å². The molecule has 0 atom stereocenters. The zero-order valence-electron chi connectivity index (χ0n) is 11.5. The summed E-state index contributed by atoms with van der Waals surface area (Å²) in [6.07, 6.45) is 1.39. The summed E-state index contributed by atoms with van der Waals surface area (Å²) in [6, 6.07) is 3.57. The largest absolute Gasteiger partial charge is 0.384 e. The Morgan fingerprint density at radius 3 is 2.76 bits per heavy atom. The first-order valence-corrected chi connectivity index (χ1v) is 8.25. The summed E-state index contributed by atoms with van der Waals surface area (Å²) < 4.78 is 35.1. The Bertz CT molecular complexity index is 674.